The Morgan fingerprint density at radius 1 is 1.14 bits per heavy atom. The Balaban J connectivity index is 1.77. The van der Waals surface area contributed by atoms with Crippen molar-refractivity contribution < 1.29 is 0 Å². The Hall–Kier alpha value is -2.34. The highest BCUT2D eigenvalue weighted by atomic mass is 79.9. The van der Waals surface area contributed by atoms with Gasteiger partial charge in [-0.15, -0.1) is 0 Å². The first-order valence-electron chi connectivity index (χ1n) is 6.56. The summed E-state index contributed by atoms with van der Waals surface area (Å²) in [6, 6.07) is 14.1. The van der Waals surface area contributed by atoms with Crippen LogP contribution in [0.15, 0.2) is 46.9 Å². The van der Waals surface area contributed by atoms with Gasteiger partial charge < -0.3 is 5.32 Å². The number of fused-ring (bicyclic) bond motifs is 3. The number of hydrogen-bond donors (Lipinski definition) is 2. The highest BCUT2D eigenvalue weighted by molar-refractivity contribution is 9.10. The number of aromatic nitrogens is 4. The van der Waals surface area contributed by atoms with Gasteiger partial charge in [0.25, 0.3) is 5.78 Å². The maximum absolute atomic E-state index is 4.53. The van der Waals surface area contributed by atoms with Crippen LogP contribution in [0.3, 0.4) is 0 Å². The number of aromatic amines is 1. The summed E-state index contributed by atoms with van der Waals surface area (Å²) >= 11 is 3.45. The van der Waals surface area contributed by atoms with Gasteiger partial charge in [0, 0.05) is 10.2 Å². The number of rotatable bonds is 2. The van der Waals surface area contributed by atoms with Crippen molar-refractivity contribution in [1.29, 1.82) is 0 Å². The zero-order valence-electron chi connectivity index (χ0n) is 11.3. The fourth-order valence-electron chi connectivity index (χ4n) is 2.35. The van der Waals surface area contributed by atoms with Gasteiger partial charge in [-0.05, 0) is 42.8 Å². The molecule has 0 bridgehead atoms. The van der Waals surface area contributed by atoms with Crippen LogP contribution in [0.2, 0.25) is 0 Å². The molecule has 0 aliphatic carbocycles. The molecule has 104 valence electrons. The molecular formula is C15H12BrN5. The van der Waals surface area contributed by atoms with Crippen molar-refractivity contribution in [1.82, 2.24) is 19.6 Å². The minimum Gasteiger partial charge on any atom is -0.325 e. The summed E-state index contributed by atoms with van der Waals surface area (Å²) in [6.45, 7) is 2.06. The topological polar surface area (TPSA) is 58.0 Å². The molecular weight excluding hydrogens is 330 g/mol. The SMILES string of the molecule is Cc1ccc2c(c1)nc1nc(Nc3cccc(Br)c3)[nH]n12. The van der Waals surface area contributed by atoms with Crippen molar-refractivity contribution in [3.05, 3.63) is 52.5 Å². The monoisotopic (exact) mass is 341 g/mol. The highest BCUT2D eigenvalue weighted by Crippen LogP contribution is 2.21. The van der Waals surface area contributed by atoms with Gasteiger partial charge in [0.2, 0.25) is 5.95 Å². The minimum absolute atomic E-state index is 0.660. The molecule has 0 radical (unpaired) electrons. The first kappa shape index (κ1) is 12.4. The van der Waals surface area contributed by atoms with Crippen LogP contribution < -0.4 is 5.32 Å². The predicted molar refractivity (Wildman–Crippen MR) is 87.0 cm³/mol. The highest BCUT2D eigenvalue weighted by Gasteiger charge is 2.09. The fraction of sp³-hybridized carbons (Fsp3) is 0.0667. The van der Waals surface area contributed by atoms with Crippen LogP contribution in [0.1, 0.15) is 5.56 Å². The van der Waals surface area contributed by atoms with Crippen LogP contribution in [0.4, 0.5) is 11.6 Å². The van der Waals surface area contributed by atoms with Gasteiger partial charge in [0.1, 0.15) is 0 Å². The van der Waals surface area contributed by atoms with Crippen molar-refractivity contribution in [2.75, 3.05) is 5.32 Å². The average Bonchev–Trinajstić information content (AvgIpc) is 2.95. The standard InChI is InChI=1S/C15H12BrN5/c1-9-5-6-13-12(7-9)18-15-19-14(20-21(13)15)17-11-4-2-3-10(16)8-11/h2-8H,1H3,(H2,17,18,19,20). The quantitative estimate of drug-likeness (QED) is 0.578. The van der Waals surface area contributed by atoms with Crippen molar-refractivity contribution in [2.45, 2.75) is 6.92 Å². The third-order valence-electron chi connectivity index (χ3n) is 3.31. The molecule has 2 heterocycles. The number of H-pyrrole nitrogens is 1. The fourth-order valence-corrected chi connectivity index (χ4v) is 2.75. The molecule has 0 spiro atoms. The molecule has 5 nitrogen and oxygen atoms in total. The third kappa shape index (κ3) is 2.17. The molecule has 0 aliphatic heterocycles. The van der Waals surface area contributed by atoms with Crippen LogP contribution in [0.5, 0.6) is 0 Å². The normalized spacial score (nSPS) is 11.3. The van der Waals surface area contributed by atoms with E-state index in [2.05, 4.69) is 55.4 Å². The van der Waals surface area contributed by atoms with Gasteiger partial charge in [0.15, 0.2) is 0 Å². The second kappa shape index (κ2) is 4.60. The minimum atomic E-state index is 0.660. The van der Waals surface area contributed by atoms with Crippen LogP contribution in [-0.2, 0) is 0 Å². The largest absolute Gasteiger partial charge is 0.325 e. The summed E-state index contributed by atoms with van der Waals surface area (Å²) in [5.74, 6) is 1.33. The summed E-state index contributed by atoms with van der Waals surface area (Å²) in [4.78, 5) is 9.00. The lowest BCUT2D eigenvalue weighted by atomic mass is 10.2. The summed E-state index contributed by atoms with van der Waals surface area (Å²) in [6.07, 6.45) is 0. The molecule has 0 unspecified atom stereocenters. The number of nitrogens with one attached hydrogen (secondary N) is 2. The van der Waals surface area contributed by atoms with Gasteiger partial charge in [-0.25, -0.2) is 9.50 Å². The smallest absolute Gasteiger partial charge is 0.253 e. The van der Waals surface area contributed by atoms with Crippen LogP contribution in [0, 0.1) is 6.92 Å². The Labute approximate surface area is 129 Å². The molecule has 0 amide bonds. The zero-order valence-corrected chi connectivity index (χ0v) is 12.8. The molecule has 0 saturated carbocycles. The van der Waals surface area contributed by atoms with E-state index in [4.69, 9.17) is 0 Å². The number of aryl methyl sites for hydroxylation is 1. The lowest BCUT2D eigenvalue weighted by molar-refractivity contribution is 1.01. The van der Waals surface area contributed by atoms with E-state index in [1.807, 2.05) is 34.8 Å². The van der Waals surface area contributed by atoms with E-state index in [9.17, 15) is 0 Å². The number of imidazole rings is 1. The van der Waals surface area contributed by atoms with E-state index >= 15 is 0 Å². The van der Waals surface area contributed by atoms with E-state index in [1.54, 1.807) is 0 Å². The lowest BCUT2D eigenvalue weighted by Gasteiger charge is -2.02. The number of benzene rings is 2. The molecule has 21 heavy (non-hydrogen) atoms. The average molecular weight is 342 g/mol. The van der Waals surface area contributed by atoms with Gasteiger partial charge in [-0.3, -0.25) is 5.10 Å². The second-order valence-corrected chi connectivity index (χ2v) is 5.86. The predicted octanol–water partition coefficient (Wildman–Crippen LogP) is 4.03. The zero-order chi connectivity index (χ0) is 14.4. The van der Waals surface area contributed by atoms with E-state index < -0.39 is 0 Å². The van der Waals surface area contributed by atoms with Crippen molar-refractivity contribution in [3.63, 3.8) is 0 Å². The summed E-state index contributed by atoms with van der Waals surface area (Å²) in [5.41, 5.74) is 4.12. The van der Waals surface area contributed by atoms with Gasteiger partial charge in [-0.1, -0.05) is 28.1 Å². The number of hydrogen-bond acceptors (Lipinski definition) is 3. The van der Waals surface area contributed by atoms with Crippen LogP contribution >= 0.6 is 15.9 Å². The van der Waals surface area contributed by atoms with E-state index in [0.717, 1.165) is 21.2 Å². The lowest BCUT2D eigenvalue weighted by Crippen LogP contribution is -1.93. The molecule has 4 rings (SSSR count). The maximum atomic E-state index is 4.53. The molecule has 0 atom stereocenters. The number of anilines is 2. The van der Waals surface area contributed by atoms with E-state index in [0.29, 0.717) is 11.7 Å². The first-order chi connectivity index (χ1) is 10.2. The first-order valence-corrected chi connectivity index (χ1v) is 7.36. The summed E-state index contributed by atoms with van der Waals surface area (Å²) in [7, 11) is 0. The molecule has 2 N–H and O–H groups in total. The Morgan fingerprint density at radius 3 is 2.90 bits per heavy atom. The van der Waals surface area contributed by atoms with E-state index in [-0.39, 0.29) is 0 Å². The molecule has 6 heteroatoms. The van der Waals surface area contributed by atoms with Crippen LogP contribution in [0.25, 0.3) is 16.8 Å². The van der Waals surface area contributed by atoms with Crippen molar-refractivity contribution >= 4 is 44.4 Å². The summed E-state index contributed by atoms with van der Waals surface area (Å²) in [5, 5.41) is 6.46. The molecule has 4 aromatic rings. The third-order valence-corrected chi connectivity index (χ3v) is 3.80. The Kier molecular flexibility index (Phi) is 2.71. The molecule has 0 saturated heterocycles. The van der Waals surface area contributed by atoms with Crippen LogP contribution in [-0.4, -0.2) is 19.6 Å². The Morgan fingerprint density at radius 2 is 2.05 bits per heavy atom. The number of nitrogens with zero attached hydrogens (tertiary/aromatic N) is 3. The second-order valence-electron chi connectivity index (χ2n) is 4.95. The summed E-state index contributed by atoms with van der Waals surface area (Å²) < 4.78 is 2.90. The van der Waals surface area contributed by atoms with Gasteiger partial charge in [0.05, 0.1) is 11.0 Å². The van der Waals surface area contributed by atoms with Crippen molar-refractivity contribution in [2.24, 2.45) is 0 Å². The maximum Gasteiger partial charge on any atom is 0.253 e. The number of halogens is 1. The van der Waals surface area contributed by atoms with Gasteiger partial charge in [-0.2, -0.15) is 4.98 Å². The molecule has 0 fully saturated rings. The molecule has 0 aliphatic rings. The van der Waals surface area contributed by atoms with Crippen molar-refractivity contribution in [3.8, 4) is 0 Å². The molecule has 2 aromatic carbocycles. The van der Waals surface area contributed by atoms with Gasteiger partial charge >= 0.3 is 0 Å². The Bertz CT molecular complexity index is 953. The molecule has 2 aromatic heterocycles. The van der Waals surface area contributed by atoms with E-state index in [1.165, 1.54) is 5.56 Å².